The molecule has 1 aliphatic carbocycles. The van der Waals surface area contributed by atoms with Gasteiger partial charge in [0.15, 0.2) is 0 Å². The van der Waals surface area contributed by atoms with Crippen molar-refractivity contribution in [1.82, 2.24) is 9.80 Å². The molecule has 0 radical (unpaired) electrons. The van der Waals surface area contributed by atoms with Gasteiger partial charge < -0.3 is 4.90 Å². The van der Waals surface area contributed by atoms with Crippen molar-refractivity contribution in [2.24, 2.45) is 0 Å². The largest absolute Gasteiger partial charge is 0.341 e. The predicted molar refractivity (Wildman–Crippen MR) is 75.9 cm³/mol. The normalized spacial score (nSPS) is 21.4. The maximum atomic E-state index is 14.0. The summed E-state index contributed by atoms with van der Waals surface area (Å²) in [5, 5.41) is 0. The summed E-state index contributed by atoms with van der Waals surface area (Å²) in [4.78, 5) is 15.5. The number of hydrogen-bond donors (Lipinski definition) is 0. The van der Waals surface area contributed by atoms with E-state index in [1.165, 1.54) is 12.1 Å². The van der Waals surface area contributed by atoms with Gasteiger partial charge in [-0.05, 0) is 44.0 Å². The number of halogens is 2. The lowest BCUT2D eigenvalue weighted by Crippen LogP contribution is -2.35. The predicted octanol–water partition coefficient (Wildman–Crippen LogP) is 2.51. The molecule has 3 nitrogen and oxygen atoms in total. The summed E-state index contributed by atoms with van der Waals surface area (Å²) in [6, 6.07) is 2.33. The fourth-order valence-electron chi connectivity index (χ4n) is 3.46. The van der Waals surface area contributed by atoms with Crippen LogP contribution in [0.5, 0.6) is 0 Å². The zero-order chi connectivity index (χ0) is 15.0. The quantitative estimate of drug-likeness (QED) is 0.852. The first-order valence-electron chi connectivity index (χ1n) is 7.52. The van der Waals surface area contributed by atoms with Crippen LogP contribution in [0.2, 0.25) is 0 Å². The minimum atomic E-state index is -0.321. The van der Waals surface area contributed by atoms with Gasteiger partial charge in [-0.25, -0.2) is 8.78 Å². The molecular weight excluding hydrogens is 274 g/mol. The van der Waals surface area contributed by atoms with E-state index in [9.17, 15) is 13.6 Å². The van der Waals surface area contributed by atoms with Gasteiger partial charge in [0.2, 0.25) is 5.91 Å². The van der Waals surface area contributed by atoms with E-state index in [0.717, 1.165) is 19.4 Å². The van der Waals surface area contributed by atoms with Crippen LogP contribution in [0.4, 0.5) is 8.78 Å². The van der Waals surface area contributed by atoms with Crippen LogP contribution in [0.15, 0.2) is 12.1 Å². The van der Waals surface area contributed by atoms with Crippen LogP contribution in [0, 0.1) is 11.6 Å². The fraction of sp³-hybridized carbons (Fsp3) is 0.562. The highest BCUT2D eigenvalue weighted by Gasteiger charge is 2.31. The summed E-state index contributed by atoms with van der Waals surface area (Å²) in [6.07, 6.45) is 2.87. The SMILES string of the molecule is CN(CCN1CCCC1=O)[C@@H]1CCc2c(F)ccc(F)c21. The van der Waals surface area contributed by atoms with E-state index in [-0.39, 0.29) is 23.6 Å². The molecule has 1 amide bonds. The molecule has 0 bridgehead atoms. The van der Waals surface area contributed by atoms with Crippen molar-refractivity contribution >= 4 is 5.91 Å². The van der Waals surface area contributed by atoms with E-state index < -0.39 is 0 Å². The Labute approximate surface area is 123 Å². The highest BCUT2D eigenvalue weighted by molar-refractivity contribution is 5.78. The van der Waals surface area contributed by atoms with Gasteiger partial charge in [-0.2, -0.15) is 0 Å². The summed E-state index contributed by atoms with van der Waals surface area (Å²) in [5.74, 6) is -0.428. The number of likely N-dealkylation sites (tertiary alicyclic amines) is 1. The molecule has 0 spiro atoms. The van der Waals surface area contributed by atoms with E-state index in [2.05, 4.69) is 0 Å². The monoisotopic (exact) mass is 294 g/mol. The molecule has 0 aromatic heterocycles. The Bertz CT molecular complexity index is 561. The second kappa shape index (κ2) is 5.72. The molecule has 1 heterocycles. The number of carbonyl (C=O) groups is 1. The van der Waals surface area contributed by atoms with Crippen molar-refractivity contribution in [1.29, 1.82) is 0 Å². The van der Waals surface area contributed by atoms with Crippen molar-refractivity contribution in [2.75, 3.05) is 26.7 Å². The van der Waals surface area contributed by atoms with Gasteiger partial charge in [-0.15, -0.1) is 0 Å². The van der Waals surface area contributed by atoms with Gasteiger partial charge >= 0.3 is 0 Å². The Balaban J connectivity index is 1.69. The number of fused-ring (bicyclic) bond motifs is 1. The number of amides is 1. The minimum absolute atomic E-state index is 0.0894. The lowest BCUT2D eigenvalue weighted by Gasteiger charge is -2.27. The van der Waals surface area contributed by atoms with E-state index in [0.29, 0.717) is 37.1 Å². The van der Waals surface area contributed by atoms with Crippen LogP contribution in [0.1, 0.15) is 36.4 Å². The first-order valence-corrected chi connectivity index (χ1v) is 7.52. The molecule has 3 rings (SSSR count). The zero-order valence-corrected chi connectivity index (χ0v) is 12.2. The number of benzene rings is 1. The molecule has 1 saturated heterocycles. The number of likely N-dealkylation sites (N-methyl/N-ethyl adjacent to an activating group) is 1. The molecule has 1 aromatic rings. The van der Waals surface area contributed by atoms with Gasteiger partial charge in [0, 0.05) is 37.7 Å². The summed E-state index contributed by atoms with van der Waals surface area (Å²) < 4.78 is 27.8. The van der Waals surface area contributed by atoms with Gasteiger partial charge in [0.25, 0.3) is 0 Å². The number of rotatable bonds is 4. The molecule has 0 saturated carbocycles. The van der Waals surface area contributed by atoms with E-state index in [1.54, 1.807) is 0 Å². The molecule has 1 aliphatic heterocycles. The Hall–Kier alpha value is -1.49. The molecule has 1 aromatic carbocycles. The summed E-state index contributed by atoms with van der Waals surface area (Å²) in [5.41, 5.74) is 1.02. The molecule has 2 aliphatic rings. The first-order chi connectivity index (χ1) is 10.1. The first kappa shape index (κ1) is 14.4. The van der Waals surface area contributed by atoms with Crippen LogP contribution < -0.4 is 0 Å². The molecule has 1 atom stereocenters. The molecule has 21 heavy (non-hydrogen) atoms. The average Bonchev–Trinajstić information content (AvgIpc) is 3.07. The van der Waals surface area contributed by atoms with E-state index in [1.807, 2.05) is 16.8 Å². The standard InChI is InChI=1S/C16H20F2N2O/c1-19(9-10-20-8-2-3-15(20)21)14-7-4-11-12(17)5-6-13(18)16(11)14/h5-6,14H,2-4,7-10H2,1H3/t14-/m1/s1. The highest BCUT2D eigenvalue weighted by Crippen LogP contribution is 2.38. The third kappa shape index (κ3) is 2.67. The maximum Gasteiger partial charge on any atom is 0.222 e. The molecular formula is C16H20F2N2O. The topological polar surface area (TPSA) is 23.6 Å². The van der Waals surface area contributed by atoms with Crippen LogP contribution in [-0.4, -0.2) is 42.4 Å². The Morgan fingerprint density at radius 2 is 2.05 bits per heavy atom. The molecule has 1 fully saturated rings. The summed E-state index contributed by atoms with van der Waals surface area (Å²) in [6.45, 7) is 2.17. The van der Waals surface area contributed by atoms with Crippen molar-refractivity contribution in [3.63, 3.8) is 0 Å². The van der Waals surface area contributed by atoms with Gasteiger partial charge in [0.05, 0.1) is 0 Å². The number of nitrogens with zero attached hydrogens (tertiary/aromatic N) is 2. The highest BCUT2D eigenvalue weighted by atomic mass is 19.1. The number of hydrogen-bond acceptors (Lipinski definition) is 2. The number of carbonyl (C=O) groups excluding carboxylic acids is 1. The maximum absolute atomic E-state index is 14.0. The van der Waals surface area contributed by atoms with Crippen LogP contribution in [0.3, 0.4) is 0 Å². The smallest absolute Gasteiger partial charge is 0.222 e. The molecule has 114 valence electrons. The lowest BCUT2D eigenvalue weighted by molar-refractivity contribution is -0.127. The van der Waals surface area contributed by atoms with Crippen LogP contribution in [0.25, 0.3) is 0 Å². The molecule has 5 heteroatoms. The third-order valence-electron chi connectivity index (χ3n) is 4.67. The molecule has 0 unspecified atom stereocenters. The van der Waals surface area contributed by atoms with Crippen LogP contribution in [-0.2, 0) is 11.2 Å². The fourth-order valence-corrected chi connectivity index (χ4v) is 3.46. The Morgan fingerprint density at radius 1 is 1.29 bits per heavy atom. The van der Waals surface area contributed by atoms with Crippen molar-refractivity contribution in [3.05, 3.63) is 34.9 Å². The van der Waals surface area contributed by atoms with Crippen molar-refractivity contribution in [3.8, 4) is 0 Å². The summed E-state index contributed by atoms with van der Waals surface area (Å²) in [7, 11) is 1.92. The summed E-state index contributed by atoms with van der Waals surface area (Å²) >= 11 is 0. The Morgan fingerprint density at radius 3 is 2.76 bits per heavy atom. The third-order valence-corrected chi connectivity index (χ3v) is 4.67. The lowest BCUT2D eigenvalue weighted by atomic mass is 10.1. The van der Waals surface area contributed by atoms with Crippen molar-refractivity contribution in [2.45, 2.75) is 31.7 Å². The average molecular weight is 294 g/mol. The Kier molecular flexibility index (Phi) is 3.93. The minimum Gasteiger partial charge on any atom is -0.341 e. The van der Waals surface area contributed by atoms with E-state index >= 15 is 0 Å². The van der Waals surface area contributed by atoms with E-state index in [4.69, 9.17) is 0 Å². The van der Waals surface area contributed by atoms with Gasteiger partial charge in [0.1, 0.15) is 11.6 Å². The van der Waals surface area contributed by atoms with Gasteiger partial charge in [-0.3, -0.25) is 9.69 Å². The van der Waals surface area contributed by atoms with Gasteiger partial charge in [-0.1, -0.05) is 0 Å². The van der Waals surface area contributed by atoms with Crippen molar-refractivity contribution < 1.29 is 13.6 Å². The zero-order valence-electron chi connectivity index (χ0n) is 12.2. The second-order valence-electron chi connectivity index (χ2n) is 5.94. The molecule has 0 N–H and O–H groups in total. The second-order valence-corrected chi connectivity index (χ2v) is 5.94. The van der Waals surface area contributed by atoms with Crippen LogP contribution >= 0.6 is 0 Å².